The molecule has 2 aliphatic rings. The third-order valence-corrected chi connectivity index (χ3v) is 7.01. The summed E-state index contributed by atoms with van der Waals surface area (Å²) in [6.07, 6.45) is 4.27. The normalized spacial score (nSPS) is 22.3. The molecule has 174 valence electrons. The molecule has 0 N–H and O–H groups in total. The lowest BCUT2D eigenvalue weighted by atomic mass is 9.90. The molecule has 1 aromatic rings. The minimum atomic E-state index is -3.98. The Balaban J connectivity index is 1.42. The van der Waals surface area contributed by atoms with Crippen molar-refractivity contribution in [1.82, 2.24) is 4.90 Å². The van der Waals surface area contributed by atoms with Crippen LogP contribution in [-0.4, -0.2) is 51.0 Å². The van der Waals surface area contributed by atoms with Crippen LogP contribution in [0.3, 0.4) is 0 Å². The summed E-state index contributed by atoms with van der Waals surface area (Å²) in [5.41, 5.74) is -0.494. The van der Waals surface area contributed by atoms with E-state index in [2.05, 4.69) is 0 Å². The topological polar surface area (TPSA) is 72.9 Å². The number of benzene rings is 1. The maximum atomic E-state index is 14.0. The van der Waals surface area contributed by atoms with Crippen molar-refractivity contribution in [3.63, 3.8) is 0 Å². The van der Waals surface area contributed by atoms with Crippen LogP contribution in [0.25, 0.3) is 0 Å². The van der Waals surface area contributed by atoms with Crippen molar-refractivity contribution in [2.45, 2.75) is 57.0 Å². The van der Waals surface area contributed by atoms with Crippen molar-refractivity contribution in [3.05, 3.63) is 23.8 Å². The molecule has 1 heterocycles. The molecule has 0 bridgehead atoms. The Morgan fingerprint density at radius 1 is 1.16 bits per heavy atom. The van der Waals surface area contributed by atoms with E-state index < -0.39 is 32.0 Å². The SMILES string of the molecule is CC(C)(C)OC(=O)N1CCC(C2CC2CCOc2cc(F)c(S(C)(=O)=O)c(F)c2)CC1. The number of amides is 1. The molecular formula is C22H31F2NO5S. The van der Waals surface area contributed by atoms with Crippen molar-refractivity contribution < 1.29 is 31.5 Å². The highest BCUT2D eigenvalue weighted by molar-refractivity contribution is 7.90. The van der Waals surface area contributed by atoms with Crippen molar-refractivity contribution in [3.8, 4) is 5.75 Å². The Kier molecular flexibility index (Phi) is 6.84. The quantitative estimate of drug-likeness (QED) is 0.630. The van der Waals surface area contributed by atoms with Crippen LogP contribution in [0.15, 0.2) is 17.0 Å². The first kappa shape index (κ1) is 23.8. The molecule has 0 aromatic heterocycles. The Hall–Kier alpha value is -1.90. The third kappa shape index (κ3) is 6.30. The third-order valence-electron chi connectivity index (χ3n) is 5.87. The fourth-order valence-electron chi connectivity index (χ4n) is 4.32. The highest BCUT2D eigenvalue weighted by atomic mass is 32.2. The average molecular weight is 460 g/mol. The first-order chi connectivity index (χ1) is 14.3. The highest BCUT2D eigenvalue weighted by Gasteiger charge is 2.43. The summed E-state index contributed by atoms with van der Waals surface area (Å²) in [5, 5.41) is 0. The van der Waals surface area contributed by atoms with Crippen molar-refractivity contribution in [2.75, 3.05) is 26.0 Å². The monoisotopic (exact) mass is 459 g/mol. The van der Waals surface area contributed by atoms with E-state index in [0.29, 0.717) is 37.5 Å². The largest absolute Gasteiger partial charge is 0.493 e. The van der Waals surface area contributed by atoms with E-state index in [1.165, 1.54) is 0 Å². The number of ether oxygens (including phenoxy) is 2. The van der Waals surface area contributed by atoms with Gasteiger partial charge in [0.2, 0.25) is 0 Å². The lowest BCUT2D eigenvalue weighted by molar-refractivity contribution is 0.0174. The van der Waals surface area contributed by atoms with E-state index in [-0.39, 0.29) is 11.8 Å². The molecular weight excluding hydrogens is 428 g/mol. The Morgan fingerprint density at radius 2 is 1.74 bits per heavy atom. The fourth-order valence-corrected chi connectivity index (χ4v) is 5.15. The lowest BCUT2D eigenvalue weighted by Crippen LogP contribution is -2.42. The maximum Gasteiger partial charge on any atom is 0.410 e. The van der Waals surface area contributed by atoms with Gasteiger partial charge in [0.05, 0.1) is 6.61 Å². The van der Waals surface area contributed by atoms with Gasteiger partial charge < -0.3 is 14.4 Å². The molecule has 1 aliphatic heterocycles. The molecule has 1 amide bonds. The van der Waals surface area contributed by atoms with E-state index in [1.807, 2.05) is 20.8 Å². The number of hydrogen-bond donors (Lipinski definition) is 0. The predicted octanol–water partition coefficient (Wildman–Crippen LogP) is 4.42. The second-order valence-electron chi connectivity index (χ2n) is 9.59. The molecule has 6 nitrogen and oxygen atoms in total. The lowest BCUT2D eigenvalue weighted by Gasteiger charge is -2.33. The predicted molar refractivity (Wildman–Crippen MR) is 112 cm³/mol. The Labute approximate surface area is 182 Å². The van der Waals surface area contributed by atoms with Crippen LogP contribution in [0.5, 0.6) is 5.75 Å². The number of hydrogen-bond acceptors (Lipinski definition) is 5. The van der Waals surface area contributed by atoms with Gasteiger partial charge >= 0.3 is 6.09 Å². The number of carbonyl (C=O) groups excluding carboxylic acids is 1. The first-order valence-electron chi connectivity index (χ1n) is 10.6. The van der Waals surface area contributed by atoms with Gasteiger partial charge in [0.1, 0.15) is 27.9 Å². The maximum absolute atomic E-state index is 14.0. The molecule has 1 saturated heterocycles. The molecule has 0 radical (unpaired) electrons. The summed E-state index contributed by atoms with van der Waals surface area (Å²) < 4.78 is 61.7. The molecule has 31 heavy (non-hydrogen) atoms. The summed E-state index contributed by atoms with van der Waals surface area (Å²) in [6, 6.07) is 1.83. The number of rotatable bonds is 6. The first-order valence-corrected chi connectivity index (χ1v) is 12.5. The molecule has 2 fully saturated rings. The van der Waals surface area contributed by atoms with Gasteiger partial charge in [-0.05, 0) is 64.2 Å². The van der Waals surface area contributed by atoms with E-state index in [0.717, 1.165) is 44.1 Å². The number of sulfone groups is 1. The Bertz CT molecular complexity index is 897. The summed E-state index contributed by atoms with van der Waals surface area (Å²) in [7, 11) is -3.98. The summed E-state index contributed by atoms with van der Waals surface area (Å²) in [6.45, 7) is 7.29. The molecule has 2 atom stereocenters. The highest BCUT2D eigenvalue weighted by Crippen LogP contribution is 2.49. The standard InChI is InChI=1S/C22H31F2NO5S/c1-22(2,3)30-21(26)25-8-5-14(6-9-25)17-11-15(17)7-10-29-16-12-18(23)20(19(24)13-16)31(4,27)28/h12-15,17H,5-11H2,1-4H3. The number of likely N-dealkylation sites (tertiary alicyclic amines) is 1. The number of carbonyl (C=O) groups is 1. The zero-order valence-electron chi connectivity index (χ0n) is 18.5. The van der Waals surface area contributed by atoms with Crippen molar-refractivity contribution in [1.29, 1.82) is 0 Å². The molecule has 1 aliphatic carbocycles. The average Bonchev–Trinajstić information content (AvgIpc) is 3.38. The minimum Gasteiger partial charge on any atom is -0.493 e. The number of piperidine rings is 1. The second-order valence-corrected chi connectivity index (χ2v) is 11.5. The van der Waals surface area contributed by atoms with Crippen LogP contribution < -0.4 is 4.74 Å². The van der Waals surface area contributed by atoms with E-state index in [4.69, 9.17) is 9.47 Å². The Morgan fingerprint density at radius 3 is 2.26 bits per heavy atom. The van der Waals surface area contributed by atoms with E-state index in [1.54, 1.807) is 4.90 Å². The van der Waals surface area contributed by atoms with Crippen LogP contribution in [-0.2, 0) is 14.6 Å². The fraction of sp³-hybridized carbons (Fsp3) is 0.682. The van der Waals surface area contributed by atoms with Crippen molar-refractivity contribution in [2.24, 2.45) is 17.8 Å². The van der Waals surface area contributed by atoms with Gasteiger partial charge in [0.25, 0.3) is 0 Å². The zero-order valence-corrected chi connectivity index (χ0v) is 19.3. The van der Waals surface area contributed by atoms with Gasteiger partial charge in [-0.1, -0.05) is 0 Å². The van der Waals surface area contributed by atoms with Gasteiger partial charge in [-0.3, -0.25) is 0 Å². The minimum absolute atomic E-state index is 0.00901. The molecule has 2 unspecified atom stereocenters. The van der Waals surface area contributed by atoms with Crippen LogP contribution in [0, 0.1) is 29.4 Å². The van der Waals surface area contributed by atoms with Crippen LogP contribution >= 0.6 is 0 Å². The van der Waals surface area contributed by atoms with Gasteiger partial charge in [0.15, 0.2) is 9.84 Å². The van der Waals surface area contributed by atoms with Crippen LogP contribution in [0.2, 0.25) is 0 Å². The van der Waals surface area contributed by atoms with Crippen LogP contribution in [0.1, 0.15) is 46.5 Å². The molecule has 1 aromatic carbocycles. The smallest absolute Gasteiger partial charge is 0.410 e. The summed E-state index contributed by atoms with van der Waals surface area (Å²) >= 11 is 0. The van der Waals surface area contributed by atoms with E-state index >= 15 is 0 Å². The van der Waals surface area contributed by atoms with Gasteiger partial charge in [-0.2, -0.15) is 0 Å². The van der Waals surface area contributed by atoms with Gasteiger partial charge in [-0.15, -0.1) is 0 Å². The molecule has 0 spiro atoms. The zero-order chi connectivity index (χ0) is 23.0. The summed E-state index contributed by atoms with van der Waals surface area (Å²) in [5.74, 6) is -0.636. The van der Waals surface area contributed by atoms with Crippen molar-refractivity contribution >= 4 is 15.9 Å². The van der Waals surface area contributed by atoms with Crippen LogP contribution in [0.4, 0.5) is 13.6 Å². The summed E-state index contributed by atoms with van der Waals surface area (Å²) in [4.78, 5) is 13.0. The molecule has 3 rings (SSSR count). The molecule has 1 saturated carbocycles. The van der Waals surface area contributed by atoms with E-state index in [9.17, 15) is 22.0 Å². The second kappa shape index (κ2) is 8.92. The number of nitrogens with zero attached hydrogens (tertiary/aromatic N) is 1. The van der Waals surface area contributed by atoms with Gasteiger partial charge in [0, 0.05) is 31.5 Å². The van der Waals surface area contributed by atoms with Gasteiger partial charge in [-0.25, -0.2) is 22.0 Å². The number of halogens is 2. The molecule has 9 heteroatoms.